The number of hydrogen-bond donors (Lipinski definition) is 0. The molecule has 0 aliphatic rings. The number of aryl methyl sites for hydroxylation is 1. The molecule has 3 aromatic rings. The van der Waals surface area contributed by atoms with Crippen LogP contribution in [-0.2, 0) is 16.1 Å². The molecule has 25 heavy (non-hydrogen) atoms. The lowest BCUT2D eigenvalue weighted by Gasteiger charge is -2.02. The molecule has 3 aromatic heterocycles. The standard InChI is InChI=1S/C16H16BrIN4O2S/c1-2-24-15(23)4-3-5-21-9-11(7-20-21)14-10-22(25-18)16-13(14)6-12(17)8-19-16/h6-10H,2-5H2,1H3. The molecule has 3 heterocycles. The Hall–Kier alpha value is -1.07. The Morgan fingerprint density at radius 1 is 1.40 bits per heavy atom. The third-order valence-corrected chi connectivity index (χ3v) is 5.80. The smallest absolute Gasteiger partial charge is 0.305 e. The maximum absolute atomic E-state index is 11.4. The van der Waals surface area contributed by atoms with Crippen LogP contribution in [0, 0.1) is 0 Å². The second-order valence-corrected chi connectivity index (χ2v) is 7.99. The minimum absolute atomic E-state index is 0.159. The molecule has 0 atom stereocenters. The molecule has 0 fully saturated rings. The van der Waals surface area contributed by atoms with Crippen molar-refractivity contribution in [1.29, 1.82) is 0 Å². The van der Waals surface area contributed by atoms with Crippen LogP contribution in [0.4, 0.5) is 0 Å². The van der Waals surface area contributed by atoms with Gasteiger partial charge in [0.1, 0.15) is 0 Å². The Morgan fingerprint density at radius 2 is 2.24 bits per heavy atom. The molecular weight excluding hydrogens is 519 g/mol. The van der Waals surface area contributed by atoms with Gasteiger partial charge in [0.15, 0.2) is 5.65 Å². The van der Waals surface area contributed by atoms with Crippen molar-refractivity contribution in [3.05, 3.63) is 35.3 Å². The van der Waals surface area contributed by atoms with Crippen molar-refractivity contribution in [3.63, 3.8) is 0 Å². The van der Waals surface area contributed by atoms with E-state index in [0.29, 0.717) is 26.0 Å². The Morgan fingerprint density at radius 3 is 3.00 bits per heavy atom. The molecule has 0 bridgehead atoms. The van der Waals surface area contributed by atoms with Gasteiger partial charge in [-0.25, -0.2) is 4.98 Å². The van der Waals surface area contributed by atoms with E-state index < -0.39 is 0 Å². The summed E-state index contributed by atoms with van der Waals surface area (Å²) in [6, 6.07) is 2.07. The molecule has 0 N–H and O–H groups in total. The van der Waals surface area contributed by atoms with Crippen molar-refractivity contribution < 1.29 is 9.53 Å². The van der Waals surface area contributed by atoms with Crippen LogP contribution >= 0.6 is 46.3 Å². The number of pyridine rings is 1. The Labute approximate surface area is 170 Å². The number of carbonyl (C=O) groups excluding carboxylic acids is 1. The average molecular weight is 535 g/mol. The third-order valence-electron chi connectivity index (χ3n) is 3.67. The van der Waals surface area contributed by atoms with Crippen LogP contribution in [0.1, 0.15) is 19.8 Å². The van der Waals surface area contributed by atoms with Gasteiger partial charge in [-0.2, -0.15) is 5.10 Å². The summed E-state index contributed by atoms with van der Waals surface area (Å²) in [4.78, 5) is 15.9. The van der Waals surface area contributed by atoms with Crippen LogP contribution in [0.5, 0.6) is 0 Å². The summed E-state index contributed by atoms with van der Waals surface area (Å²) in [7, 11) is 1.58. The van der Waals surface area contributed by atoms with E-state index in [2.05, 4.69) is 59.5 Å². The van der Waals surface area contributed by atoms with Crippen LogP contribution in [0.3, 0.4) is 0 Å². The second-order valence-electron chi connectivity index (χ2n) is 5.36. The van der Waals surface area contributed by atoms with E-state index in [0.717, 1.165) is 26.6 Å². The van der Waals surface area contributed by atoms with E-state index in [-0.39, 0.29) is 5.97 Å². The second kappa shape index (κ2) is 8.54. The number of esters is 1. The monoisotopic (exact) mass is 534 g/mol. The van der Waals surface area contributed by atoms with Gasteiger partial charge in [-0.15, -0.1) is 0 Å². The fraction of sp³-hybridized carbons (Fsp3) is 0.312. The number of hydrogen-bond acceptors (Lipinski definition) is 5. The number of ether oxygens (including phenoxy) is 1. The fourth-order valence-electron chi connectivity index (χ4n) is 2.58. The van der Waals surface area contributed by atoms with E-state index in [1.54, 1.807) is 15.3 Å². The third kappa shape index (κ3) is 4.37. The molecule has 0 aromatic carbocycles. The van der Waals surface area contributed by atoms with Crippen LogP contribution in [0.2, 0.25) is 0 Å². The van der Waals surface area contributed by atoms with Crippen molar-refractivity contribution in [1.82, 2.24) is 18.7 Å². The van der Waals surface area contributed by atoms with E-state index in [4.69, 9.17) is 4.74 Å². The predicted octanol–water partition coefficient (Wildman–Crippen LogP) is 4.85. The van der Waals surface area contributed by atoms with Gasteiger partial charge in [0.2, 0.25) is 0 Å². The van der Waals surface area contributed by atoms with Gasteiger partial charge >= 0.3 is 5.97 Å². The summed E-state index contributed by atoms with van der Waals surface area (Å²) in [5.41, 5.74) is 3.04. The summed E-state index contributed by atoms with van der Waals surface area (Å²) in [5, 5.41) is 5.49. The maximum atomic E-state index is 11.4. The van der Waals surface area contributed by atoms with Crippen LogP contribution in [-0.4, -0.2) is 31.3 Å². The van der Waals surface area contributed by atoms with Crippen molar-refractivity contribution in [3.8, 4) is 11.1 Å². The van der Waals surface area contributed by atoms with Gasteiger partial charge in [-0.1, -0.05) is 0 Å². The number of aromatic nitrogens is 4. The highest BCUT2D eigenvalue weighted by Gasteiger charge is 2.14. The molecule has 0 aliphatic carbocycles. The largest absolute Gasteiger partial charge is 0.466 e. The van der Waals surface area contributed by atoms with Crippen molar-refractivity contribution in [2.24, 2.45) is 0 Å². The van der Waals surface area contributed by atoms with Crippen molar-refractivity contribution in [2.75, 3.05) is 6.61 Å². The number of carbonyl (C=O) groups is 1. The first-order chi connectivity index (χ1) is 12.1. The highest BCUT2D eigenvalue weighted by Crippen LogP contribution is 2.34. The molecule has 0 amide bonds. The topological polar surface area (TPSA) is 61.9 Å². The van der Waals surface area contributed by atoms with Crippen LogP contribution in [0.25, 0.3) is 22.2 Å². The lowest BCUT2D eigenvalue weighted by molar-refractivity contribution is -0.143. The zero-order valence-corrected chi connectivity index (χ0v) is 18.0. The molecule has 0 spiro atoms. The number of rotatable bonds is 7. The van der Waals surface area contributed by atoms with Crippen LogP contribution < -0.4 is 0 Å². The number of fused-ring (bicyclic) bond motifs is 1. The van der Waals surface area contributed by atoms with E-state index >= 15 is 0 Å². The first-order valence-electron chi connectivity index (χ1n) is 7.76. The molecule has 0 radical (unpaired) electrons. The van der Waals surface area contributed by atoms with Gasteiger partial charge in [0.05, 0.1) is 12.8 Å². The minimum atomic E-state index is -0.159. The Balaban J connectivity index is 1.79. The first kappa shape index (κ1) is 18.7. The zero-order chi connectivity index (χ0) is 17.8. The molecule has 0 saturated heterocycles. The summed E-state index contributed by atoms with van der Waals surface area (Å²) >= 11 is 5.73. The quantitative estimate of drug-likeness (QED) is 0.320. The SMILES string of the molecule is CCOC(=O)CCCn1cc(-c2cn(SI)c3ncc(Br)cc23)cn1. The van der Waals surface area contributed by atoms with E-state index in [9.17, 15) is 4.79 Å². The lowest BCUT2D eigenvalue weighted by atomic mass is 10.1. The molecule has 0 unspecified atom stereocenters. The normalized spacial score (nSPS) is 11.2. The molecule has 0 saturated carbocycles. The molecule has 0 aliphatic heterocycles. The molecule has 132 valence electrons. The van der Waals surface area contributed by atoms with E-state index in [1.807, 2.05) is 28.0 Å². The summed E-state index contributed by atoms with van der Waals surface area (Å²) in [5.74, 6) is -0.159. The summed E-state index contributed by atoms with van der Waals surface area (Å²) in [6.07, 6.45) is 8.84. The highest BCUT2D eigenvalue weighted by molar-refractivity contribution is 14.2. The minimum Gasteiger partial charge on any atom is -0.466 e. The van der Waals surface area contributed by atoms with Crippen LogP contribution in [0.15, 0.2) is 35.3 Å². The summed E-state index contributed by atoms with van der Waals surface area (Å²) in [6.45, 7) is 2.92. The number of nitrogens with zero attached hydrogens (tertiary/aromatic N) is 4. The summed E-state index contributed by atoms with van der Waals surface area (Å²) < 4.78 is 9.79. The van der Waals surface area contributed by atoms with Gasteiger partial charge in [0, 0.05) is 82.9 Å². The van der Waals surface area contributed by atoms with Gasteiger partial charge in [-0.05, 0) is 35.3 Å². The molecule has 3 rings (SSSR count). The van der Waals surface area contributed by atoms with Gasteiger partial charge < -0.3 is 4.74 Å². The zero-order valence-electron chi connectivity index (χ0n) is 13.5. The van der Waals surface area contributed by atoms with Gasteiger partial charge in [-0.3, -0.25) is 13.4 Å². The van der Waals surface area contributed by atoms with E-state index in [1.165, 1.54) is 0 Å². The van der Waals surface area contributed by atoms with Crippen molar-refractivity contribution in [2.45, 2.75) is 26.3 Å². The maximum Gasteiger partial charge on any atom is 0.305 e. The Bertz CT molecular complexity index is 896. The van der Waals surface area contributed by atoms with Crippen molar-refractivity contribution >= 4 is 63.3 Å². The Kier molecular flexibility index (Phi) is 6.39. The number of halogens is 2. The average Bonchev–Trinajstić information content (AvgIpc) is 3.19. The molecule has 6 nitrogen and oxygen atoms in total. The molecule has 9 heteroatoms. The lowest BCUT2D eigenvalue weighted by Crippen LogP contribution is -2.06. The fourth-order valence-corrected chi connectivity index (χ4v) is 4.17. The first-order valence-corrected chi connectivity index (χ1v) is 11.9. The predicted molar refractivity (Wildman–Crippen MR) is 112 cm³/mol. The molecular formula is C16H16BrIN4O2S. The highest BCUT2D eigenvalue weighted by atomic mass is 127. The van der Waals surface area contributed by atoms with Gasteiger partial charge in [0.25, 0.3) is 0 Å².